The summed E-state index contributed by atoms with van der Waals surface area (Å²) < 4.78 is 0. The molecule has 0 aliphatic carbocycles. The third-order valence-electron chi connectivity index (χ3n) is 4.38. The minimum Gasteiger partial charge on any atom is -0.314 e. The van der Waals surface area contributed by atoms with Gasteiger partial charge in [-0.25, -0.2) is 0 Å². The van der Waals surface area contributed by atoms with Gasteiger partial charge in [0.05, 0.1) is 0 Å². The van der Waals surface area contributed by atoms with Gasteiger partial charge in [-0.15, -0.1) is 0 Å². The standard InChI is InChI=1S/C18H23N3/c1-14-5-6-16(10-15(14)2)13-21-9-8-20-12-18(21)17-4-3-7-19-11-17/h3-7,10-11,18,20H,8-9,12-13H2,1-2H3. The molecule has 1 unspecified atom stereocenters. The van der Waals surface area contributed by atoms with E-state index in [-0.39, 0.29) is 0 Å². The zero-order valence-electron chi connectivity index (χ0n) is 12.8. The van der Waals surface area contributed by atoms with Crippen molar-refractivity contribution in [1.82, 2.24) is 15.2 Å². The fourth-order valence-electron chi connectivity index (χ4n) is 2.97. The fraction of sp³-hybridized carbons (Fsp3) is 0.389. The highest BCUT2D eigenvalue weighted by Gasteiger charge is 2.23. The summed E-state index contributed by atoms with van der Waals surface area (Å²) in [6, 6.07) is 11.4. The molecule has 2 heterocycles. The summed E-state index contributed by atoms with van der Waals surface area (Å²) in [6.07, 6.45) is 3.83. The van der Waals surface area contributed by atoms with E-state index < -0.39 is 0 Å². The van der Waals surface area contributed by atoms with E-state index in [9.17, 15) is 0 Å². The minimum absolute atomic E-state index is 0.411. The number of nitrogens with zero attached hydrogens (tertiary/aromatic N) is 2. The molecule has 0 saturated carbocycles. The normalized spacial score (nSPS) is 19.6. The van der Waals surface area contributed by atoms with Crippen molar-refractivity contribution in [2.75, 3.05) is 19.6 Å². The minimum atomic E-state index is 0.411. The number of piperazine rings is 1. The zero-order chi connectivity index (χ0) is 14.7. The number of rotatable bonds is 3. The summed E-state index contributed by atoms with van der Waals surface area (Å²) in [6.45, 7) is 8.49. The molecule has 3 nitrogen and oxygen atoms in total. The highest BCUT2D eigenvalue weighted by atomic mass is 15.2. The molecule has 1 atom stereocenters. The first-order valence-electron chi connectivity index (χ1n) is 7.65. The van der Waals surface area contributed by atoms with Gasteiger partial charge in [-0.2, -0.15) is 0 Å². The Hall–Kier alpha value is -1.71. The molecule has 2 aromatic rings. The molecule has 3 heteroatoms. The second-order valence-corrected chi connectivity index (χ2v) is 5.90. The molecule has 21 heavy (non-hydrogen) atoms. The molecule has 1 aliphatic heterocycles. The van der Waals surface area contributed by atoms with Crippen molar-refractivity contribution in [3.05, 3.63) is 65.0 Å². The van der Waals surface area contributed by atoms with E-state index in [1.807, 2.05) is 18.5 Å². The summed E-state index contributed by atoms with van der Waals surface area (Å²) in [4.78, 5) is 6.83. The smallest absolute Gasteiger partial charge is 0.0491 e. The highest BCUT2D eigenvalue weighted by Crippen LogP contribution is 2.24. The number of hydrogen-bond donors (Lipinski definition) is 1. The maximum Gasteiger partial charge on any atom is 0.0491 e. The Kier molecular flexibility index (Phi) is 4.32. The van der Waals surface area contributed by atoms with Gasteiger partial charge in [-0.3, -0.25) is 9.88 Å². The number of nitrogens with one attached hydrogen (secondary N) is 1. The molecule has 3 rings (SSSR count). The van der Waals surface area contributed by atoms with Crippen molar-refractivity contribution in [2.24, 2.45) is 0 Å². The van der Waals surface area contributed by atoms with Gasteiger partial charge < -0.3 is 5.32 Å². The van der Waals surface area contributed by atoms with Gasteiger partial charge in [0.15, 0.2) is 0 Å². The van der Waals surface area contributed by atoms with Gasteiger partial charge in [-0.05, 0) is 42.2 Å². The van der Waals surface area contributed by atoms with Gasteiger partial charge in [0.1, 0.15) is 0 Å². The fourth-order valence-corrected chi connectivity index (χ4v) is 2.97. The van der Waals surface area contributed by atoms with Crippen molar-refractivity contribution in [3.63, 3.8) is 0 Å². The summed E-state index contributed by atoms with van der Waals surface area (Å²) in [5.41, 5.74) is 5.44. The summed E-state index contributed by atoms with van der Waals surface area (Å²) in [7, 11) is 0. The van der Waals surface area contributed by atoms with E-state index >= 15 is 0 Å². The Labute approximate surface area is 127 Å². The van der Waals surface area contributed by atoms with Crippen LogP contribution in [0.25, 0.3) is 0 Å². The van der Waals surface area contributed by atoms with Gasteiger partial charge in [-0.1, -0.05) is 24.3 Å². The number of benzene rings is 1. The van der Waals surface area contributed by atoms with Crippen molar-refractivity contribution in [3.8, 4) is 0 Å². The van der Waals surface area contributed by atoms with Crippen molar-refractivity contribution >= 4 is 0 Å². The van der Waals surface area contributed by atoms with Crippen LogP contribution in [0.3, 0.4) is 0 Å². The predicted molar refractivity (Wildman–Crippen MR) is 86.2 cm³/mol. The first kappa shape index (κ1) is 14.2. The molecule has 0 amide bonds. The molecule has 1 fully saturated rings. The second-order valence-electron chi connectivity index (χ2n) is 5.90. The maximum absolute atomic E-state index is 4.27. The molecular formula is C18H23N3. The number of hydrogen-bond acceptors (Lipinski definition) is 3. The Balaban J connectivity index is 1.79. The first-order chi connectivity index (χ1) is 10.2. The van der Waals surface area contributed by atoms with E-state index in [4.69, 9.17) is 0 Å². The van der Waals surface area contributed by atoms with Crippen LogP contribution >= 0.6 is 0 Å². The van der Waals surface area contributed by atoms with Crippen LogP contribution in [0.5, 0.6) is 0 Å². The monoisotopic (exact) mass is 281 g/mol. The molecule has 0 radical (unpaired) electrons. The van der Waals surface area contributed by atoms with Crippen LogP contribution < -0.4 is 5.32 Å². The van der Waals surface area contributed by atoms with Gasteiger partial charge in [0, 0.05) is 44.6 Å². The van der Waals surface area contributed by atoms with E-state index in [2.05, 4.69) is 53.3 Å². The summed E-state index contributed by atoms with van der Waals surface area (Å²) in [5, 5.41) is 3.50. The molecule has 1 aromatic carbocycles. The lowest BCUT2D eigenvalue weighted by atomic mass is 10.0. The van der Waals surface area contributed by atoms with E-state index in [1.165, 1.54) is 22.3 Å². The largest absolute Gasteiger partial charge is 0.314 e. The average molecular weight is 281 g/mol. The third-order valence-corrected chi connectivity index (χ3v) is 4.38. The molecule has 0 bridgehead atoms. The van der Waals surface area contributed by atoms with Crippen LogP contribution in [-0.4, -0.2) is 29.5 Å². The van der Waals surface area contributed by atoms with Gasteiger partial charge >= 0.3 is 0 Å². The molecule has 1 aromatic heterocycles. The lowest BCUT2D eigenvalue weighted by molar-refractivity contribution is 0.153. The van der Waals surface area contributed by atoms with E-state index in [1.54, 1.807) is 0 Å². The van der Waals surface area contributed by atoms with Crippen LogP contribution in [0.2, 0.25) is 0 Å². The van der Waals surface area contributed by atoms with Gasteiger partial charge in [0.2, 0.25) is 0 Å². The first-order valence-corrected chi connectivity index (χ1v) is 7.65. The topological polar surface area (TPSA) is 28.2 Å². The van der Waals surface area contributed by atoms with Crippen LogP contribution in [0.1, 0.15) is 28.3 Å². The number of aryl methyl sites for hydroxylation is 2. The summed E-state index contributed by atoms with van der Waals surface area (Å²) >= 11 is 0. The molecule has 1 aliphatic rings. The lowest BCUT2D eigenvalue weighted by Crippen LogP contribution is -2.45. The van der Waals surface area contributed by atoms with Crippen molar-refractivity contribution in [1.29, 1.82) is 0 Å². The Morgan fingerprint density at radius 1 is 1.24 bits per heavy atom. The molecule has 0 spiro atoms. The average Bonchev–Trinajstić information content (AvgIpc) is 2.52. The number of pyridine rings is 1. The molecule has 1 saturated heterocycles. The van der Waals surface area contributed by atoms with Crippen LogP contribution in [0.4, 0.5) is 0 Å². The summed E-state index contributed by atoms with van der Waals surface area (Å²) in [5.74, 6) is 0. The van der Waals surface area contributed by atoms with Crippen LogP contribution in [0, 0.1) is 13.8 Å². The maximum atomic E-state index is 4.27. The van der Waals surface area contributed by atoms with E-state index in [0.717, 1.165) is 26.2 Å². The Morgan fingerprint density at radius 3 is 2.90 bits per heavy atom. The van der Waals surface area contributed by atoms with Crippen LogP contribution in [0.15, 0.2) is 42.7 Å². The molecular weight excluding hydrogens is 258 g/mol. The lowest BCUT2D eigenvalue weighted by Gasteiger charge is -2.36. The van der Waals surface area contributed by atoms with Gasteiger partial charge in [0.25, 0.3) is 0 Å². The quantitative estimate of drug-likeness (QED) is 0.937. The van der Waals surface area contributed by atoms with Crippen LogP contribution in [-0.2, 0) is 6.54 Å². The van der Waals surface area contributed by atoms with Crippen molar-refractivity contribution < 1.29 is 0 Å². The highest BCUT2D eigenvalue weighted by molar-refractivity contribution is 5.30. The Morgan fingerprint density at radius 2 is 2.14 bits per heavy atom. The predicted octanol–water partition coefficient (Wildman–Crippen LogP) is 2.84. The molecule has 1 N–H and O–H groups in total. The van der Waals surface area contributed by atoms with Crippen molar-refractivity contribution in [2.45, 2.75) is 26.4 Å². The van der Waals surface area contributed by atoms with E-state index in [0.29, 0.717) is 6.04 Å². The Bertz CT molecular complexity index is 595. The number of aromatic nitrogens is 1. The third kappa shape index (κ3) is 3.31. The zero-order valence-corrected chi connectivity index (χ0v) is 12.8. The second kappa shape index (κ2) is 6.37. The molecule has 110 valence electrons. The SMILES string of the molecule is Cc1ccc(CN2CCNCC2c2cccnc2)cc1C.